The van der Waals surface area contributed by atoms with Crippen molar-refractivity contribution in [1.29, 1.82) is 0 Å². The van der Waals surface area contributed by atoms with E-state index in [-0.39, 0.29) is 11.8 Å². The first-order valence-electron chi connectivity index (χ1n) is 10.5. The van der Waals surface area contributed by atoms with Crippen molar-refractivity contribution in [3.63, 3.8) is 0 Å². The van der Waals surface area contributed by atoms with Crippen molar-refractivity contribution in [3.8, 4) is 0 Å². The molecule has 2 amide bonds. The Morgan fingerprint density at radius 1 is 1.21 bits per heavy atom. The molecule has 28 heavy (non-hydrogen) atoms. The number of carbonyl (C=O) groups is 2. The Bertz CT molecular complexity index is 682. The molecule has 0 spiro atoms. The molecule has 0 radical (unpaired) electrons. The van der Waals surface area contributed by atoms with Crippen LogP contribution in [0.2, 0.25) is 0 Å². The van der Waals surface area contributed by atoms with Gasteiger partial charge in [0.1, 0.15) is 5.69 Å². The third kappa shape index (κ3) is 4.91. The number of rotatable bonds is 8. The molecule has 1 saturated heterocycles. The first kappa shape index (κ1) is 20.8. The molecule has 1 aromatic heterocycles. The summed E-state index contributed by atoms with van der Waals surface area (Å²) in [4.78, 5) is 34.2. The van der Waals surface area contributed by atoms with Crippen LogP contribution in [0.3, 0.4) is 0 Å². The number of amides is 2. The summed E-state index contributed by atoms with van der Waals surface area (Å²) >= 11 is 0. The Labute approximate surface area is 167 Å². The average molecular weight is 392 g/mol. The van der Waals surface area contributed by atoms with Gasteiger partial charge in [-0.1, -0.05) is 13.3 Å². The van der Waals surface area contributed by atoms with E-state index in [9.17, 15) is 9.59 Å². The highest BCUT2D eigenvalue weighted by molar-refractivity contribution is 5.97. The van der Waals surface area contributed by atoms with E-state index in [0.29, 0.717) is 24.6 Å². The van der Waals surface area contributed by atoms with Crippen LogP contribution in [0.5, 0.6) is 0 Å². The maximum absolute atomic E-state index is 12.9. The molecular formula is C20H33N5O3. The lowest BCUT2D eigenvalue weighted by Crippen LogP contribution is -2.41. The lowest BCUT2D eigenvalue weighted by atomic mass is 10.1. The summed E-state index contributed by atoms with van der Waals surface area (Å²) in [5.41, 5.74) is 1.33. The average Bonchev–Trinajstić information content (AvgIpc) is 3.12. The first-order chi connectivity index (χ1) is 13.6. The van der Waals surface area contributed by atoms with Crippen molar-refractivity contribution in [2.75, 3.05) is 53.0 Å². The molecule has 0 atom stereocenters. The van der Waals surface area contributed by atoms with E-state index in [4.69, 9.17) is 4.74 Å². The van der Waals surface area contributed by atoms with Crippen molar-refractivity contribution in [2.45, 2.75) is 45.6 Å². The zero-order valence-corrected chi connectivity index (χ0v) is 17.2. The molecule has 2 aliphatic rings. The fourth-order valence-electron chi connectivity index (χ4n) is 3.79. The molecule has 0 aromatic carbocycles. The molecule has 2 aliphatic heterocycles. The summed E-state index contributed by atoms with van der Waals surface area (Å²) < 4.78 is 7.31. The fourth-order valence-corrected chi connectivity index (χ4v) is 3.79. The van der Waals surface area contributed by atoms with Crippen LogP contribution in [-0.2, 0) is 17.7 Å². The van der Waals surface area contributed by atoms with Gasteiger partial charge < -0.3 is 19.5 Å². The second-order valence-corrected chi connectivity index (χ2v) is 7.63. The van der Waals surface area contributed by atoms with Crippen molar-refractivity contribution < 1.29 is 14.3 Å². The highest BCUT2D eigenvalue weighted by Gasteiger charge is 2.28. The molecule has 3 rings (SSSR count). The number of nitrogens with one attached hydrogen (secondary N) is 1. The highest BCUT2D eigenvalue weighted by atomic mass is 16.5. The number of hydrogen-bond acceptors (Lipinski definition) is 5. The van der Waals surface area contributed by atoms with E-state index in [1.165, 1.54) is 0 Å². The third-order valence-electron chi connectivity index (χ3n) is 5.54. The third-order valence-corrected chi connectivity index (χ3v) is 5.54. The molecule has 1 fully saturated rings. The van der Waals surface area contributed by atoms with Gasteiger partial charge in [0.25, 0.3) is 11.8 Å². The zero-order valence-electron chi connectivity index (χ0n) is 17.2. The molecule has 1 N–H and O–H groups in total. The first-order valence-corrected chi connectivity index (χ1v) is 10.5. The van der Waals surface area contributed by atoms with Crippen LogP contribution in [0.25, 0.3) is 0 Å². The SMILES string of the molecule is CCCCN(C)C(=O)c1nc(C(=O)NCCN2CCOCC2)c2n1CCCC2. The van der Waals surface area contributed by atoms with Crippen molar-refractivity contribution in [2.24, 2.45) is 0 Å². The van der Waals surface area contributed by atoms with Gasteiger partial charge in [-0.2, -0.15) is 0 Å². The predicted octanol–water partition coefficient (Wildman–Crippen LogP) is 1.15. The maximum Gasteiger partial charge on any atom is 0.289 e. The van der Waals surface area contributed by atoms with Crippen LogP contribution in [0, 0.1) is 0 Å². The van der Waals surface area contributed by atoms with Crippen LogP contribution < -0.4 is 5.32 Å². The molecule has 0 bridgehead atoms. The van der Waals surface area contributed by atoms with Gasteiger partial charge in [-0.3, -0.25) is 14.5 Å². The highest BCUT2D eigenvalue weighted by Crippen LogP contribution is 2.22. The molecule has 8 heteroatoms. The summed E-state index contributed by atoms with van der Waals surface area (Å²) in [5, 5.41) is 2.99. The van der Waals surface area contributed by atoms with Crippen molar-refractivity contribution in [1.82, 2.24) is 24.7 Å². The monoisotopic (exact) mass is 391 g/mol. The zero-order chi connectivity index (χ0) is 19.9. The molecule has 0 aliphatic carbocycles. The van der Waals surface area contributed by atoms with Crippen molar-refractivity contribution in [3.05, 3.63) is 17.2 Å². The summed E-state index contributed by atoms with van der Waals surface area (Å²) in [7, 11) is 1.81. The number of nitrogens with zero attached hydrogens (tertiary/aromatic N) is 4. The second-order valence-electron chi connectivity index (χ2n) is 7.63. The Kier molecular flexibility index (Phi) is 7.44. The number of aromatic nitrogens is 2. The lowest BCUT2D eigenvalue weighted by Gasteiger charge is -2.26. The van der Waals surface area contributed by atoms with Gasteiger partial charge in [0, 0.05) is 46.3 Å². The number of morpholine rings is 1. The quantitative estimate of drug-likeness (QED) is 0.719. The molecule has 0 saturated carbocycles. The number of unbranched alkanes of at least 4 members (excludes halogenated alkanes) is 1. The Balaban J connectivity index is 1.67. The van der Waals surface area contributed by atoms with Gasteiger partial charge >= 0.3 is 0 Å². The number of carbonyl (C=O) groups excluding carboxylic acids is 2. The van der Waals surface area contributed by atoms with Crippen LogP contribution >= 0.6 is 0 Å². The van der Waals surface area contributed by atoms with Gasteiger partial charge in [0.05, 0.1) is 18.9 Å². The minimum Gasteiger partial charge on any atom is -0.379 e. The fraction of sp³-hybridized carbons (Fsp3) is 0.750. The minimum absolute atomic E-state index is 0.0935. The number of hydrogen-bond donors (Lipinski definition) is 1. The largest absolute Gasteiger partial charge is 0.379 e. The van der Waals surface area contributed by atoms with E-state index in [1.54, 1.807) is 4.90 Å². The maximum atomic E-state index is 12.9. The van der Waals surface area contributed by atoms with E-state index in [2.05, 4.69) is 22.1 Å². The van der Waals surface area contributed by atoms with Gasteiger partial charge in [-0.25, -0.2) is 4.98 Å². The van der Waals surface area contributed by atoms with Crippen molar-refractivity contribution >= 4 is 11.8 Å². The Morgan fingerprint density at radius 2 is 2.00 bits per heavy atom. The smallest absolute Gasteiger partial charge is 0.289 e. The topological polar surface area (TPSA) is 79.7 Å². The number of imidazole rings is 1. The van der Waals surface area contributed by atoms with Gasteiger partial charge in [-0.15, -0.1) is 0 Å². The standard InChI is InChI=1S/C20H33N5O3/c1-3-4-9-23(2)20(27)18-22-17(16-7-5-6-10-25(16)18)19(26)21-8-11-24-12-14-28-15-13-24/h3-15H2,1-2H3,(H,21,26). The molecular weight excluding hydrogens is 358 g/mol. The normalized spacial score (nSPS) is 17.2. The predicted molar refractivity (Wildman–Crippen MR) is 107 cm³/mol. The van der Waals surface area contributed by atoms with Crippen LogP contribution in [0.1, 0.15) is 59.4 Å². The van der Waals surface area contributed by atoms with Crippen LogP contribution in [-0.4, -0.2) is 84.2 Å². The van der Waals surface area contributed by atoms with E-state index >= 15 is 0 Å². The molecule has 1 aromatic rings. The number of fused-ring (bicyclic) bond motifs is 1. The van der Waals surface area contributed by atoms with E-state index < -0.39 is 0 Å². The minimum atomic E-state index is -0.172. The van der Waals surface area contributed by atoms with Gasteiger partial charge in [-0.05, 0) is 25.7 Å². The second kappa shape index (κ2) is 10.0. The summed E-state index contributed by atoms with van der Waals surface area (Å²) in [5.74, 6) is 0.143. The summed E-state index contributed by atoms with van der Waals surface area (Å²) in [6, 6.07) is 0. The van der Waals surface area contributed by atoms with Crippen LogP contribution in [0.15, 0.2) is 0 Å². The lowest BCUT2D eigenvalue weighted by molar-refractivity contribution is 0.0383. The summed E-state index contributed by atoms with van der Waals surface area (Å²) in [6.45, 7) is 8.25. The van der Waals surface area contributed by atoms with Gasteiger partial charge in [0.15, 0.2) is 5.82 Å². The molecule has 156 valence electrons. The van der Waals surface area contributed by atoms with E-state index in [0.717, 1.165) is 77.2 Å². The number of ether oxygens (including phenoxy) is 1. The Hall–Kier alpha value is -1.93. The Morgan fingerprint density at radius 3 is 2.75 bits per heavy atom. The van der Waals surface area contributed by atoms with E-state index in [1.807, 2.05) is 11.6 Å². The van der Waals surface area contributed by atoms with Crippen LogP contribution in [0.4, 0.5) is 0 Å². The molecule has 0 unspecified atom stereocenters. The molecule has 8 nitrogen and oxygen atoms in total. The van der Waals surface area contributed by atoms with Gasteiger partial charge in [0.2, 0.25) is 0 Å². The summed E-state index contributed by atoms with van der Waals surface area (Å²) in [6.07, 6.45) is 4.84. The molecule has 3 heterocycles.